The largest absolute Gasteiger partial charge is 0.255 e. The van der Waals surface area contributed by atoms with Crippen molar-refractivity contribution in [1.82, 2.24) is 29.9 Å². The maximum Gasteiger partial charge on any atom is 0.0889 e. The number of pyridine rings is 6. The average Bonchev–Trinajstić information content (AvgIpc) is 3.07. The summed E-state index contributed by atoms with van der Waals surface area (Å²) in [5.41, 5.74) is 7.37. The van der Waals surface area contributed by atoms with E-state index in [1.54, 1.807) is 37.2 Å². The van der Waals surface area contributed by atoms with Gasteiger partial charge in [0, 0.05) is 68.7 Å². The summed E-state index contributed by atoms with van der Waals surface area (Å²) in [6.07, 6.45) is 10.5. The summed E-state index contributed by atoms with van der Waals surface area (Å²) in [7, 11) is 0. The van der Waals surface area contributed by atoms with Gasteiger partial charge in [0.25, 0.3) is 0 Å². The molecule has 0 saturated heterocycles. The van der Waals surface area contributed by atoms with Crippen LogP contribution < -0.4 is 0 Å². The molecule has 0 aliphatic rings. The third kappa shape index (κ3) is 10.2. The van der Waals surface area contributed by atoms with Crippen LogP contribution in [0, 0.1) is 0 Å². The van der Waals surface area contributed by atoms with Gasteiger partial charge in [-0.1, -0.05) is 24.3 Å². The molecule has 0 saturated carbocycles. The molecule has 0 N–H and O–H groups in total. The molecular weight excluding hydrogens is 730 g/mol. The molecule has 9 heteroatoms. The van der Waals surface area contributed by atoms with Crippen molar-refractivity contribution in [2.24, 2.45) is 0 Å². The molecule has 0 radical (unpaired) electrons. The Bertz CT molecular complexity index is 1370. The first kappa shape index (κ1) is 31.6. The fraction of sp³-hybridized carbons (Fsp3) is 0.0625. The fourth-order valence-electron chi connectivity index (χ4n) is 3.45. The minimum Gasteiger partial charge on any atom is -0.255 e. The van der Waals surface area contributed by atoms with E-state index >= 15 is 0 Å². The minimum absolute atomic E-state index is 0. The van der Waals surface area contributed by atoms with Crippen molar-refractivity contribution in [2.75, 3.05) is 0 Å². The standard InChI is InChI=1S/C12H10Cl2N2.2C10H8N2.Os/c13-7-9-1-3-15-11(5-9)12-6-10(8-14)2-4-16-12;2*1-3-7-11-9(5-1)10-6-2-4-8-12-10;/h1-6H,7-8H2;2*1-8H;. The van der Waals surface area contributed by atoms with Crippen molar-refractivity contribution in [3.8, 4) is 34.2 Å². The first-order valence-electron chi connectivity index (χ1n) is 12.4. The van der Waals surface area contributed by atoms with Crippen molar-refractivity contribution in [3.63, 3.8) is 0 Å². The predicted octanol–water partition coefficient (Wildman–Crippen LogP) is 7.91. The molecule has 41 heavy (non-hydrogen) atoms. The number of nitrogens with zero attached hydrogens (tertiary/aromatic N) is 6. The van der Waals surface area contributed by atoms with Crippen molar-refractivity contribution in [2.45, 2.75) is 11.8 Å². The van der Waals surface area contributed by atoms with E-state index in [4.69, 9.17) is 23.2 Å². The quantitative estimate of drug-likeness (QED) is 0.167. The zero-order chi connectivity index (χ0) is 27.8. The van der Waals surface area contributed by atoms with E-state index in [2.05, 4.69) is 29.9 Å². The molecular formula is C32H26Cl2N6Os. The maximum atomic E-state index is 5.78. The van der Waals surface area contributed by atoms with Crippen LogP contribution in [0.15, 0.2) is 134 Å². The van der Waals surface area contributed by atoms with Gasteiger partial charge in [0.15, 0.2) is 0 Å². The fourth-order valence-corrected chi connectivity index (χ4v) is 3.78. The Hall–Kier alpha value is -3.88. The van der Waals surface area contributed by atoms with Crippen LogP contribution in [0.25, 0.3) is 34.2 Å². The zero-order valence-electron chi connectivity index (χ0n) is 21.9. The third-order valence-corrected chi connectivity index (χ3v) is 6.02. The number of alkyl halides is 2. The van der Waals surface area contributed by atoms with Gasteiger partial charge in [-0.2, -0.15) is 0 Å². The van der Waals surface area contributed by atoms with Gasteiger partial charge >= 0.3 is 0 Å². The summed E-state index contributed by atoms with van der Waals surface area (Å²) in [5.74, 6) is 0.954. The summed E-state index contributed by atoms with van der Waals surface area (Å²) >= 11 is 11.6. The predicted molar refractivity (Wildman–Crippen MR) is 162 cm³/mol. The molecule has 6 aromatic rings. The molecule has 6 heterocycles. The van der Waals surface area contributed by atoms with Crippen LogP contribution in [-0.4, -0.2) is 29.9 Å². The van der Waals surface area contributed by atoms with Crippen LogP contribution in [0.5, 0.6) is 0 Å². The molecule has 206 valence electrons. The van der Waals surface area contributed by atoms with Gasteiger partial charge in [-0.05, 0) is 83.9 Å². The number of hydrogen-bond donors (Lipinski definition) is 0. The number of halogens is 2. The summed E-state index contributed by atoms with van der Waals surface area (Å²) in [4.78, 5) is 25.3. The van der Waals surface area contributed by atoms with E-state index < -0.39 is 0 Å². The molecule has 0 bridgehead atoms. The smallest absolute Gasteiger partial charge is 0.0889 e. The van der Waals surface area contributed by atoms with Gasteiger partial charge in [0.2, 0.25) is 0 Å². The molecule has 0 aliphatic carbocycles. The van der Waals surface area contributed by atoms with Crippen LogP contribution in [0.2, 0.25) is 0 Å². The van der Waals surface area contributed by atoms with Gasteiger partial charge in [0.1, 0.15) is 0 Å². The van der Waals surface area contributed by atoms with E-state index in [0.29, 0.717) is 11.8 Å². The third-order valence-electron chi connectivity index (χ3n) is 5.40. The zero-order valence-corrected chi connectivity index (χ0v) is 26.0. The van der Waals surface area contributed by atoms with Gasteiger partial charge in [-0.15, -0.1) is 23.2 Å². The Morgan fingerprint density at radius 2 is 0.659 bits per heavy atom. The number of aromatic nitrogens is 6. The second kappa shape index (κ2) is 17.7. The van der Waals surface area contributed by atoms with Crippen LogP contribution in [0.4, 0.5) is 0 Å². The van der Waals surface area contributed by atoms with Crippen molar-refractivity contribution < 1.29 is 19.8 Å². The van der Waals surface area contributed by atoms with Gasteiger partial charge < -0.3 is 0 Å². The molecule has 0 fully saturated rings. The first-order valence-corrected chi connectivity index (χ1v) is 13.5. The van der Waals surface area contributed by atoms with E-state index in [0.717, 1.165) is 45.3 Å². The molecule has 6 aromatic heterocycles. The second-order valence-electron chi connectivity index (χ2n) is 8.23. The van der Waals surface area contributed by atoms with E-state index in [1.807, 2.05) is 97.1 Å². The molecule has 0 atom stereocenters. The summed E-state index contributed by atoms with van der Waals surface area (Å²) in [6.45, 7) is 0. The monoisotopic (exact) mass is 756 g/mol. The molecule has 0 unspecified atom stereocenters. The molecule has 0 aromatic carbocycles. The number of hydrogen-bond acceptors (Lipinski definition) is 6. The molecule has 6 rings (SSSR count). The van der Waals surface area contributed by atoms with Crippen LogP contribution in [0.1, 0.15) is 11.1 Å². The Labute approximate surface area is 263 Å². The Balaban J connectivity index is 0.000000169. The topological polar surface area (TPSA) is 77.3 Å². The second-order valence-corrected chi connectivity index (χ2v) is 8.76. The first-order chi connectivity index (χ1) is 19.8. The Morgan fingerprint density at radius 3 is 0.902 bits per heavy atom. The minimum atomic E-state index is 0. The van der Waals surface area contributed by atoms with E-state index in [9.17, 15) is 0 Å². The van der Waals surface area contributed by atoms with E-state index in [-0.39, 0.29) is 19.8 Å². The molecule has 0 aliphatic heterocycles. The van der Waals surface area contributed by atoms with Crippen LogP contribution in [-0.2, 0) is 31.6 Å². The average molecular weight is 756 g/mol. The Morgan fingerprint density at radius 1 is 0.366 bits per heavy atom. The van der Waals surface area contributed by atoms with E-state index in [1.165, 1.54) is 0 Å². The Kier molecular flexibility index (Phi) is 13.7. The van der Waals surface area contributed by atoms with Crippen LogP contribution >= 0.6 is 23.2 Å². The van der Waals surface area contributed by atoms with Crippen molar-refractivity contribution in [3.05, 3.63) is 145 Å². The van der Waals surface area contributed by atoms with Gasteiger partial charge in [0.05, 0.1) is 34.2 Å². The van der Waals surface area contributed by atoms with Crippen LogP contribution in [0.3, 0.4) is 0 Å². The van der Waals surface area contributed by atoms with Gasteiger partial charge in [-0.25, -0.2) is 0 Å². The molecule has 0 spiro atoms. The molecule has 0 amide bonds. The van der Waals surface area contributed by atoms with Gasteiger partial charge in [-0.3, -0.25) is 29.9 Å². The van der Waals surface area contributed by atoms with Crippen molar-refractivity contribution in [1.29, 1.82) is 0 Å². The number of rotatable bonds is 5. The SMILES string of the molecule is ClCc1ccnc(-c2cc(CCl)ccn2)c1.[Os].c1ccc(-c2ccccn2)nc1.c1ccc(-c2ccccn2)nc1. The summed E-state index contributed by atoms with van der Waals surface area (Å²) in [6, 6.07) is 30.8. The maximum absolute atomic E-state index is 5.78. The molecule has 6 nitrogen and oxygen atoms in total. The normalized spacial score (nSPS) is 9.71. The summed E-state index contributed by atoms with van der Waals surface area (Å²) < 4.78 is 0. The summed E-state index contributed by atoms with van der Waals surface area (Å²) in [5, 5.41) is 0. The van der Waals surface area contributed by atoms with Crippen molar-refractivity contribution >= 4 is 23.2 Å².